The zero-order chi connectivity index (χ0) is 19.4. The maximum absolute atomic E-state index is 12.4. The van der Waals surface area contributed by atoms with Crippen LogP contribution < -0.4 is 15.1 Å². The molecule has 0 bridgehead atoms. The summed E-state index contributed by atoms with van der Waals surface area (Å²) in [4.78, 5) is 15.0. The van der Waals surface area contributed by atoms with E-state index in [0.29, 0.717) is 18.7 Å². The molecule has 0 spiro atoms. The van der Waals surface area contributed by atoms with Crippen LogP contribution in [0.1, 0.15) is 20.3 Å². The molecule has 2 N–H and O–H groups in total. The summed E-state index contributed by atoms with van der Waals surface area (Å²) in [6, 6.07) is 13.7. The Morgan fingerprint density at radius 2 is 1.81 bits per heavy atom. The van der Waals surface area contributed by atoms with Gasteiger partial charge in [-0.05, 0) is 56.7 Å². The molecule has 3 aromatic rings. The van der Waals surface area contributed by atoms with Gasteiger partial charge in [-0.3, -0.25) is 4.57 Å². The van der Waals surface area contributed by atoms with Crippen molar-refractivity contribution in [1.82, 2.24) is 14.3 Å². The molecule has 144 valence electrons. The van der Waals surface area contributed by atoms with Gasteiger partial charge in [0.05, 0.1) is 22.0 Å². The van der Waals surface area contributed by atoms with Gasteiger partial charge in [0, 0.05) is 13.1 Å². The number of fused-ring (bicyclic) bond motifs is 1. The fraction of sp³-hybridized carbons (Fsp3) is 0.316. The molecule has 8 heteroatoms. The number of ether oxygens (including phenoxy) is 1. The van der Waals surface area contributed by atoms with Gasteiger partial charge in [0.15, 0.2) is 0 Å². The Bertz CT molecular complexity index is 1070. The summed E-state index contributed by atoms with van der Waals surface area (Å²) in [5.74, 6) is 0.627. The minimum absolute atomic E-state index is 0.0264. The smallest absolute Gasteiger partial charge is 0.326 e. The van der Waals surface area contributed by atoms with Crippen LogP contribution in [0, 0.1) is 0 Å². The number of aryl methyl sites for hydroxylation is 1. The Hall–Kier alpha value is -2.58. The van der Waals surface area contributed by atoms with Crippen LogP contribution in [0.4, 0.5) is 0 Å². The van der Waals surface area contributed by atoms with Crippen LogP contribution in [-0.4, -0.2) is 30.6 Å². The molecular weight excluding hydrogens is 366 g/mol. The van der Waals surface area contributed by atoms with Crippen molar-refractivity contribution in [2.75, 3.05) is 6.54 Å². The van der Waals surface area contributed by atoms with Crippen molar-refractivity contribution in [2.24, 2.45) is 0 Å². The molecule has 0 radical (unpaired) electrons. The van der Waals surface area contributed by atoms with E-state index in [4.69, 9.17) is 4.74 Å². The summed E-state index contributed by atoms with van der Waals surface area (Å²) in [6.07, 6.45) is 0.522. The van der Waals surface area contributed by atoms with Gasteiger partial charge < -0.3 is 9.72 Å². The van der Waals surface area contributed by atoms with Crippen molar-refractivity contribution in [3.05, 3.63) is 59.0 Å². The first-order chi connectivity index (χ1) is 12.9. The quantitative estimate of drug-likeness (QED) is 0.579. The Morgan fingerprint density at radius 3 is 2.52 bits per heavy atom. The molecule has 0 aliphatic heterocycles. The summed E-state index contributed by atoms with van der Waals surface area (Å²) in [6.45, 7) is 4.47. The van der Waals surface area contributed by atoms with Crippen molar-refractivity contribution in [1.29, 1.82) is 0 Å². The second-order valence-corrected chi connectivity index (χ2v) is 8.26. The second-order valence-electron chi connectivity index (χ2n) is 6.49. The third-order valence-electron chi connectivity index (χ3n) is 4.04. The van der Waals surface area contributed by atoms with Gasteiger partial charge in [0.2, 0.25) is 10.0 Å². The predicted octanol–water partition coefficient (Wildman–Crippen LogP) is 2.49. The number of H-pyrrole nitrogens is 1. The minimum atomic E-state index is -3.60. The summed E-state index contributed by atoms with van der Waals surface area (Å²) in [7, 11) is -3.60. The maximum atomic E-state index is 12.4. The number of aromatic nitrogens is 2. The number of benzene rings is 2. The van der Waals surface area contributed by atoms with Crippen molar-refractivity contribution in [3.8, 4) is 5.75 Å². The Morgan fingerprint density at radius 1 is 1.11 bits per heavy atom. The van der Waals surface area contributed by atoms with Crippen molar-refractivity contribution >= 4 is 21.1 Å². The molecule has 1 heterocycles. The normalized spacial score (nSPS) is 12.0. The van der Waals surface area contributed by atoms with Gasteiger partial charge in [-0.25, -0.2) is 17.9 Å². The highest BCUT2D eigenvalue weighted by atomic mass is 32.2. The highest BCUT2D eigenvalue weighted by Crippen LogP contribution is 2.17. The third kappa shape index (κ3) is 4.58. The molecule has 0 aliphatic carbocycles. The molecule has 0 amide bonds. The number of nitrogens with one attached hydrogen (secondary N) is 2. The van der Waals surface area contributed by atoms with Gasteiger partial charge in [-0.15, -0.1) is 0 Å². The zero-order valence-corrected chi connectivity index (χ0v) is 16.1. The van der Waals surface area contributed by atoms with Gasteiger partial charge in [0.1, 0.15) is 5.75 Å². The molecular formula is C19H23N3O4S. The standard InChI is InChI=1S/C19H23N3O4S/c1-14(2)26-15-8-10-16(11-9-15)27(24,25)20-12-5-13-22-18-7-4-3-6-17(18)21-19(22)23/h3-4,6-11,14,20H,5,12-13H2,1-2H3,(H,21,23). The molecule has 2 aromatic carbocycles. The summed E-state index contributed by atoms with van der Waals surface area (Å²) in [5, 5.41) is 0. The lowest BCUT2D eigenvalue weighted by atomic mass is 10.3. The first-order valence-corrected chi connectivity index (χ1v) is 10.3. The fourth-order valence-corrected chi connectivity index (χ4v) is 3.90. The van der Waals surface area contributed by atoms with Crippen LogP contribution in [0.15, 0.2) is 58.2 Å². The van der Waals surface area contributed by atoms with Crippen LogP contribution in [0.25, 0.3) is 11.0 Å². The van der Waals surface area contributed by atoms with Gasteiger partial charge >= 0.3 is 5.69 Å². The number of hydrogen-bond donors (Lipinski definition) is 2. The van der Waals surface area contributed by atoms with Crippen LogP contribution >= 0.6 is 0 Å². The molecule has 27 heavy (non-hydrogen) atoms. The molecule has 0 atom stereocenters. The number of hydrogen-bond acceptors (Lipinski definition) is 4. The van der Waals surface area contributed by atoms with E-state index in [2.05, 4.69) is 9.71 Å². The molecule has 0 saturated heterocycles. The predicted molar refractivity (Wildman–Crippen MR) is 105 cm³/mol. The maximum Gasteiger partial charge on any atom is 0.326 e. The molecule has 7 nitrogen and oxygen atoms in total. The van der Waals surface area contributed by atoms with Crippen molar-refractivity contribution in [3.63, 3.8) is 0 Å². The lowest BCUT2D eigenvalue weighted by Gasteiger charge is -2.11. The van der Waals surface area contributed by atoms with E-state index in [0.717, 1.165) is 11.0 Å². The molecule has 0 aliphatic rings. The average Bonchev–Trinajstić information content (AvgIpc) is 2.94. The topological polar surface area (TPSA) is 93.2 Å². The van der Waals surface area contributed by atoms with Gasteiger partial charge in [-0.2, -0.15) is 0 Å². The average molecular weight is 389 g/mol. The van der Waals surface area contributed by atoms with Crippen molar-refractivity contribution in [2.45, 2.75) is 37.8 Å². The number of nitrogens with zero attached hydrogens (tertiary/aromatic N) is 1. The van der Waals surface area contributed by atoms with E-state index in [1.807, 2.05) is 38.1 Å². The first kappa shape index (κ1) is 19.2. The van der Waals surface area contributed by atoms with E-state index in [9.17, 15) is 13.2 Å². The Kier molecular flexibility index (Phi) is 5.67. The van der Waals surface area contributed by atoms with Crippen LogP contribution in [0.5, 0.6) is 5.75 Å². The van der Waals surface area contributed by atoms with Gasteiger partial charge in [-0.1, -0.05) is 12.1 Å². The molecule has 1 aromatic heterocycles. The fourth-order valence-electron chi connectivity index (χ4n) is 2.83. The number of aromatic amines is 1. The monoisotopic (exact) mass is 389 g/mol. The lowest BCUT2D eigenvalue weighted by molar-refractivity contribution is 0.242. The van der Waals surface area contributed by atoms with Crippen LogP contribution in [0.2, 0.25) is 0 Å². The summed E-state index contributed by atoms with van der Waals surface area (Å²) in [5.41, 5.74) is 1.39. The SMILES string of the molecule is CC(C)Oc1ccc(S(=O)(=O)NCCCn2c(=O)[nH]c3ccccc32)cc1. The third-order valence-corrected chi connectivity index (χ3v) is 5.51. The Labute approximate surface area is 158 Å². The zero-order valence-electron chi connectivity index (χ0n) is 15.3. The molecule has 3 rings (SSSR count). The minimum Gasteiger partial charge on any atom is -0.491 e. The molecule has 0 saturated carbocycles. The number of imidazole rings is 1. The van der Waals surface area contributed by atoms with E-state index < -0.39 is 10.0 Å². The highest BCUT2D eigenvalue weighted by molar-refractivity contribution is 7.89. The molecule has 0 fully saturated rings. The van der Waals surface area contributed by atoms with E-state index in [-0.39, 0.29) is 23.2 Å². The second kappa shape index (κ2) is 7.98. The van der Waals surface area contributed by atoms with E-state index >= 15 is 0 Å². The van der Waals surface area contributed by atoms with Crippen LogP contribution in [-0.2, 0) is 16.6 Å². The summed E-state index contributed by atoms with van der Waals surface area (Å²) >= 11 is 0. The largest absolute Gasteiger partial charge is 0.491 e. The number of sulfonamides is 1. The summed E-state index contributed by atoms with van der Waals surface area (Å²) < 4.78 is 34.5. The number of para-hydroxylation sites is 2. The highest BCUT2D eigenvalue weighted by Gasteiger charge is 2.14. The van der Waals surface area contributed by atoms with Crippen LogP contribution in [0.3, 0.4) is 0 Å². The lowest BCUT2D eigenvalue weighted by Crippen LogP contribution is -2.26. The Balaban J connectivity index is 1.59. The van der Waals surface area contributed by atoms with E-state index in [1.54, 1.807) is 16.7 Å². The van der Waals surface area contributed by atoms with E-state index in [1.165, 1.54) is 12.1 Å². The van der Waals surface area contributed by atoms with Crippen molar-refractivity contribution < 1.29 is 13.2 Å². The van der Waals surface area contributed by atoms with Gasteiger partial charge in [0.25, 0.3) is 0 Å². The first-order valence-electron chi connectivity index (χ1n) is 8.81. The molecule has 0 unspecified atom stereocenters. The number of rotatable bonds is 8.